The van der Waals surface area contributed by atoms with E-state index < -0.39 is 10.2 Å². The van der Waals surface area contributed by atoms with Crippen LogP contribution in [0.15, 0.2) is 15.9 Å². The van der Waals surface area contributed by atoms with Crippen molar-refractivity contribution in [1.82, 2.24) is 8.61 Å². The lowest BCUT2D eigenvalue weighted by molar-refractivity contribution is 0.271. The zero-order chi connectivity index (χ0) is 14.8. The number of alkyl halides is 1. The Morgan fingerprint density at radius 2 is 2.15 bits per heavy atom. The number of hydrogen-bond donors (Lipinski definition) is 0. The lowest BCUT2D eigenvalue weighted by Gasteiger charge is -2.33. The standard InChI is InChI=1S/C12H18BrClN2O2S2/c1-15(8-12-6-11(13)9-19-12)20(17,18)16-4-2-10(7-14)3-5-16/h6,9-10H,2-5,7-8H2,1H3. The Balaban J connectivity index is 1.99. The Kier molecular flexibility index (Phi) is 5.90. The molecule has 0 atom stereocenters. The molecular formula is C12H18BrClN2O2S2. The summed E-state index contributed by atoms with van der Waals surface area (Å²) in [6.45, 7) is 1.55. The van der Waals surface area contributed by atoms with Crippen molar-refractivity contribution in [3.05, 3.63) is 20.8 Å². The second kappa shape index (κ2) is 7.07. The first-order chi connectivity index (χ1) is 9.43. The second-order valence-corrected chi connectivity index (χ2v) is 9.25. The predicted octanol–water partition coefficient (Wildman–Crippen LogP) is 3.14. The average Bonchev–Trinajstić information content (AvgIpc) is 2.84. The highest BCUT2D eigenvalue weighted by Gasteiger charge is 2.30. The first-order valence-electron chi connectivity index (χ1n) is 6.43. The van der Waals surface area contributed by atoms with Gasteiger partial charge < -0.3 is 0 Å². The van der Waals surface area contributed by atoms with Gasteiger partial charge in [-0.05, 0) is 40.8 Å². The molecule has 2 rings (SSSR count). The van der Waals surface area contributed by atoms with Gasteiger partial charge in [0.05, 0.1) is 0 Å². The Labute approximate surface area is 138 Å². The third kappa shape index (κ3) is 3.96. The maximum atomic E-state index is 12.5. The maximum Gasteiger partial charge on any atom is 0.282 e. The minimum atomic E-state index is -3.37. The predicted molar refractivity (Wildman–Crippen MR) is 87.4 cm³/mol. The Hall–Kier alpha value is 0.340. The van der Waals surface area contributed by atoms with E-state index in [0.717, 1.165) is 22.2 Å². The summed E-state index contributed by atoms with van der Waals surface area (Å²) < 4.78 is 29.0. The Bertz CT molecular complexity index is 541. The molecule has 1 aromatic heterocycles. The van der Waals surface area contributed by atoms with E-state index in [9.17, 15) is 8.42 Å². The van der Waals surface area contributed by atoms with Gasteiger partial charge in [0.1, 0.15) is 0 Å². The van der Waals surface area contributed by atoms with Gasteiger partial charge in [-0.1, -0.05) is 0 Å². The molecule has 0 bridgehead atoms. The van der Waals surface area contributed by atoms with Crippen LogP contribution in [0.2, 0.25) is 0 Å². The minimum Gasteiger partial charge on any atom is -0.195 e. The number of piperidine rings is 1. The highest BCUT2D eigenvalue weighted by atomic mass is 79.9. The van der Waals surface area contributed by atoms with Crippen molar-refractivity contribution in [2.24, 2.45) is 5.92 Å². The molecule has 0 saturated carbocycles. The summed E-state index contributed by atoms with van der Waals surface area (Å²) in [5.74, 6) is 1.06. The van der Waals surface area contributed by atoms with Crippen molar-refractivity contribution in [1.29, 1.82) is 0 Å². The molecule has 0 radical (unpaired) electrons. The van der Waals surface area contributed by atoms with Crippen LogP contribution in [0.4, 0.5) is 0 Å². The molecule has 0 unspecified atom stereocenters. The smallest absolute Gasteiger partial charge is 0.195 e. The minimum absolute atomic E-state index is 0.411. The van der Waals surface area contributed by atoms with Gasteiger partial charge in [0.15, 0.2) is 0 Å². The average molecular weight is 402 g/mol. The molecule has 114 valence electrons. The lowest BCUT2D eigenvalue weighted by Crippen LogP contribution is -2.45. The molecule has 0 spiro atoms. The fourth-order valence-corrected chi connectivity index (χ4v) is 5.49. The van der Waals surface area contributed by atoms with Crippen LogP contribution in [-0.2, 0) is 16.8 Å². The monoisotopic (exact) mass is 400 g/mol. The largest absolute Gasteiger partial charge is 0.282 e. The zero-order valence-electron chi connectivity index (χ0n) is 11.3. The number of halogens is 2. The van der Waals surface area contributed by atoms with Crippen LogP contribution in [0.25, 0.3) is 0 Å². The molecule has 1 aromatic rings. The molecule has 2 heterocycles. The van der Waals surface area contributed by atoms with Crippen molar-refractivity contribution >= 4 is 49.1 Å². The van der Waals surface area contributed by atoms with Crippen LogP contribution < -0.4 is 0 Å². The van der Waals surface area contributed by atoms with E-state index in [2.05, 4.69) is 15.9 Å². The van der Waals surface area contributed by atoms with Crippen LogP contribution >= 0.6 is 38.9 Å². The second-order valence-electron chi connectivity index (χ2n) is 4.99. The molecule has 1 fully saturated rings. The number of rotatable bonds is 5. The summed E-state index contributed by atoms with van der Waals surface area (Å²) in [5.41, 5.74) is 0. The summed E-state index contributed by atoms with van der Waals surface area (Å²) in [6, 6.07) is 1.95. The fraction of sp³-hybridized carbons (Fsp3) is 0.667. The molecule has 0 N–H and O–H groups in total. The van der Waals surface area contributed by atoms with Crippen molar-refractivity contribution in [3.63, 3.8) is 0 Å². The van der Waals surface area contributed by atoms with E-state index in [1.54, 1.807) is 22.7 Å². The number of hydrogen-bond acceptors (Lipinski definition) is 3. The first-order valence-corrected chi connectivity index (χ1v) is 10.0. The van der Waals surface area contributed by atoms with Gasteiger partial charge in [0.2, 0.25) is 0 Å². The fourth-order valence-electron chi connectivity index (χ4n) is 2.23. The number of thiophene rings is 1. The van der Waals surface area contributed by atoms with Crippen molar-refractivity contribution in [2.75, 3.05) is 26.0 Å². The summed E-state index contributed by atoms with van der Waals surface area (Å²) in [6.07, 6.45) is 1.70. The summed E-state index contributed by atoms with van der Waals surface area (Å²) in [5, 5.41) is 1.96. The van der Waals surface area contributed by atoms with E-state index in [4.69, 9.17) is 11.6 Å². The van der Waals surface area contributed by atoms with Crippen LogP contribution in [0, 0.1) is 5.92 Å². The van der Waals surface area contributed by atoms with Gasteiger partial charge in [-0.25, -0.2) is 0 Å². The van der Waals surface area contributed by atoms with E-state index in [1.165, 1.54) is 4.31 Å². The van der Waals surface area contributed by atoms with E-state index in [-0.39, 0.29) is 0 Å². The van der Waals surface area contributed by atoms with Gasteiger partial charge in [-0.2, -0.15) is 17.0 Å². The molecule has 20 heavy (non-hydrogen) atoms. The van der Waals surface area contributed by atoms with Gasteiger partial charge >= 0.3 is 0 Å². The molecule has 0 aromatic carbocycles. The van der Waals surface area contributed by atoms with Crippen molar-refractivity contribution in [3.8, 4) is 0 Å². The van der Waals surface area contributed by atoms with Crippen LogP contribution in [0.1, 0.15) is 17.7 Å². The molecule has 1 saturated heterocycles. The third-order valence-electron chi connectivity index (χ3n) is 3.51. The van der Waals surface area contributed by atoms with Gasteiger partial charge in [0.25, 0.3) is 10.2 Å². The Morgan fingerprint density at radius 3 is 2.65 bits per heavy atom. The topological polar surface area (TPSA) is 40.6 Å². The van der Waals surface area contributed by atoms with Crippen LogP contribution in [0.3, 0.4) is 0 Å². The SMILES string of the molecule is CN(Cc1cc(Br)cs1)S(=O)(=O)N1CCC(CCl)CC1. The molecule has 1 aliphatic rings. The van der Waals surface area contributed by atoms with E-state index in [0.29, 0.717) is 31.4 Å². The van der Waals surface area contributed by atoms with Gasteiger partial charge in [0, 0.05) is 47.3 Å². The van der Waals surface area contributed by atoms with E-state index >= 15 is 0 Å². The van der Waals surface area contributed by atoms with E-state index in [1.807, 2.05) is 11.4 Å². The highest BCUT2D eigenvalue weighted by Crippen LogP contribution is 2.25. The summed E-state index contributed by atoms with van der Waals surface area (Å²) in [7, 11) is -1.73. The molecule has 0 amide bonds. The molecule has 4 nitrogen and oxygen atoms in total. The highest BCUT2D eigenvalue weighted by molar-refractivity contribution is 9.10. The van der Waals surface area contributed by atoms with Gasteiger partial charge in [-0.15, -0.1) is 22.9 Å². The zero-order valence-corrected chi connectivity index (χ0v) is 15.2. The van der Waals surface area contributed by atoms with Crippen molar-refractivity contribution in [2.45, 2.75) is 19.4 Å². The Morgan fingerprint density at radius 1 is 1.50 bits per heavy atom. The van der Waals surface area contributed by atoms with Crippen molar-refractivity contribution < 1.29 is 8.42 Å². The van der Waals surface area contributed by atoms with Crippen LogP contribution in [-0.4, -0.2) is 43.0 Å². The quantitative estimate of drug-likeness (QED) is 0.711. The summed E-state index contributed by atoms with van der Waals surface area (Å²) >= 11 is 10.8. The third-order valence-corrected chi connectivity index (χ3v) is 7.57. The lowest BCUT2D eigenvalue weighted by atomic mass is 10.0. The van der Waals surface area contributed by atoms with Crippen LogP contribution in [0.5, 0.6) is 0 Å². The summed E-state index contributed by atoms with van der Waals surface area (Å²) in [4.78, 5) is 1.03. The molecule has 0 aliphatic carbocycles. The molecular weight excluding hydrogens is 384 g/mol. The maximum absolute atomic E-state index is 12.5. The molecule has 8 heteroatoms. The number of nitrogens with zero attached hydrogens (tertiary/aromatic N) is 2. The van der Waals surface area contributed by atoms with Gasteiger partial charge in [-0.3, -0.25) is 0 Å². The molecule has 1 aliphatic heterocycles. The normalized spacial score (nSPS) is 18.8. The first kappa shape index (κ1) is 16.7.